The minimum atomic E-state index is -0.111. The zero-order valence-corrected chi connectivity index (χ0v) is 12.1. The highest BCUT2D eigenvalue weighted by Crippen LogP contribution is 2.15. The molecule has 1 aromatic rings. The van der Waals surface area contributed by atoms with Crippen molar-refractivity contribution in [2.75, 3.05) is 26.7 Å². The predicted octanol–water partition coefficient (Wildman–Crippen LogP) is 2.96. The molecule has 0 amide bonds. The van der Waals surface area contributed by atoms with Crippen LogP contribution >= 0.6 is 0 Å². The molecule has 2 nitrogen and oxygen atoms in total. The Morgan fingerprint density at radius 2 is 2.26 bits per heavy atom. The molecule has 0 bridgehead atoms. The van der Waals surface area contributed by atoms with Crippen molar-refractivity contribution in [2.24, 2.45) is 5.92 Å². The first-order chi connectivity index (χ1) is 9.15. The largest absolute Gasteiger partial charge is 0.316 e. The van der Waals surface area contributed by atoms with E-state index in [0.29, 0.717) is 0 Å². The van der Waals surface area contributed by atoms with Crippen molar-refractivity contribution >= 4 is 0 Å². The highest BCUT2D eigenvalue weighted by molar-refractivity contribution is 5.23. The maximum atomic E-state index is 13.2. The quantitative estimate of drug-likeness (QED) is 0.879. The van der Waals surface area contributed by atoms with E-state index < -0.39 is 0 Å². The Hall–Kier alpha value is -0.930. The Labute approximate surface area is 116 Å². The number of rotatable bonds is 5. The van der Waals surface area contributed by atoms with Gasteiger partial charge >= 0.3 is 0 Å². The van der Waals surface area contributed by atoms with Gasteiger partial charge in [0.2, 0.25) is 0 Å². The van der Waals surface area contributed by atoms with Crippen molar-refractivity contribution < 1.29 is 4.39 Å². The molecule has 1 saturated heterocycles. The van der Waals surface area contributed by atoms with Crippen molar-refractivity contribution in [3.05, 3.63) is 35.1 Å². The molecule has 1 aliphatic heterocycles. The summed E-state index contributed by atoms with van der Waals surface area (Å²) < 4.78 is 13.2. The average molecular weight is 264 g/mol. The highest BCUT2D eigenvalue weighted by atomic mass is 19.1. The second-order valence-electron chi connectivity index (χ2n) is 5.82. The van der Waals surface area contributed by atoms with Crippen molar-refractivity contribution in [1.29, 1.82) is 0 Å². The lowest BCUT2D eigenvalue weighted by Crippen LogP contribution is -2.32. The molecule has 0 saturated carbocycles. The van der Waals surface area contributed by atoms with Gasteiger partial charge in [0, 0.05) is 6.54 Å². The summed E-state index contributed by atoms with van der Waals surface area (Å²) in [4.78, 5) is 2.33. The number of nitrogens with zero attached hydrogens (tertiary/aromatic N) is 1. The number of halogens is 1. The average Bonchev–Trinajstić information content (AvgIpc) is 2.42. The van der Waals surface area contributed by atoms with Gasteiger partial charge in [-0.05, 0) is 76.0 Å². The molecule has 0 aliphatic carbocycles. The standard InChI is InChI=1S/C16H25FN2/c1-13-10-15(5-6-16(13)17)12-19(2)9-7-14-4-3-8-18-11-14/h5-6,10,14,18H,3-4,7-9,11-12H2,1-2H3. The van der Waals surface area contributed by atoms with Crippen LogP contribution in [0.2, 0.25) is 0 Å². The van der Waals surface area contributed by atoms with Crippen molar-refractivity contribution in [3.63, 3.8) is 0 Å². The fraction of sp³-hybridized carbons (Fsp3) is 0.625. The van der Waals surface area contributed by atoms with E-state index >= 15 is 0 Å². The summed E-state index contributed by atoms with van der Waals surface area (Å²) in [5.74, 6) is 0.714. The van der Waals surface area contributed by atoms with Gasteiger partial charge < -0.3 is 10.2 Å². The summed E-state index contributed by atoms with van der Waals surface area (Å²) >= 11 is 0. The molecular formula is C16H25FN2. The molecule has 0 radical (unpaired) electrons. The van der Waals surface area contributed by atoms with Crippen molar-refractivity contribution in [3.8, 4) is 0 Å². The lowest BCUT2D eigenvalue weighted by atomic mass is 9.96. The smallest absolute Gasteiger partial charge is 0.126 e. The van der Waals surface area contributed by atoms with Gasteiger partial charge in [0.05, 0.1) is 0 Å². The van der Waals surface area contributed by atoms with Gasteiger partial charge in [0.1, 0.15) is 5.82 Å². The summed E-state index contributed by atoms with van der Waals surface area (Å²) in [5, 5.41) is 3.46. The zero-order chi connectivity index (χ0) is 13.7. The molecule has 1 fully saturated rings. The summed E-state index contributed by atoms with van der Waals surface area (Å²) in [6.45, 7) is 6.20. The Morgan fingerprint density at radius 1 is 1.42 bits per heavy atom. The van der Waals surface area contributed by atoms with Crippen LogP contribution < -0.4 is 5.32 Å². The highest BCUT2D eigenvalue weighted by Gasteiger charge is 2.13. The van der Waals surface area contributed by atoms with E-state index in [1.807, 2.05) is 19.1 Å². The third-order valence-electron chi connectivity index (χ3n) is 3.99. The third-order valence-corrected chi connectivity index (χ3v) is 3.99. The number of piperidine rings is 1. The summed E-state index contributed by atoms with van der Waals surface area (Å²) in [7, 11) is 2.15. The number of benzene rings is 1. The molecule has 3 heteroatoms. The predicted molar refractivity (Wildman–Crippen MR) is 77.7 cm³/mol. The molecule has 1 N–H and O–H groups in total. The third kappa shape index (κ3) is 4.59. The van der Waals surface area contributed by atoms with E-state index in [4.69, 9.17) is 0 Å². The van der Waals surface area contributed by atoms with Crippen LogP contribution in [0.5, 0.6) is 0 Å². The second kappa shape index (κ2) is 7.01. The van der Waals surface area contributed by atoms with Crippen LogP contribution in [0.25, 0.3) is 0 Å². The van der Waals surface area contributed by atoms with Crippen LogP contribution in [0, 0.1) is 18.7 Å². The van der Waals surface area contributed by atoms with E-state index in [2.05, 4.69) is 17.3 Å². The number of nitrogens with one attached hydrogen (secondary N) is 1. The van der Waals surface area contributed by atoms with E-state index in [9.17, 15) is 4.39 Å². The Kier molecular flexibility index (Phi) is 5.34. The van der Waals surface area contributed by atoms with Crippen LogP contribution in [0.3, 0.4) is 0 Å². The van der Waals surface area contributed by atoms with E-state index in [1.54, 1.807) is 6.07 Å². The molecule has 1 atom stereocenters. The van der Waals surface area contributed by atoms with E-state index in [1.165, 1.54) is 37.9 Å². The Morgan fingerprint density at radius 3 is 2.95 bits per heavy atom. The normalized spacial score (nSPS) is 19.9. The molecule has 0 spiro atoms. The summed E-state index contributed by atoms with van der Waals surface area (Å²) in [6, 6.07) is 5.42. The van der Waals surface area contributed by atoms with Crippen LogP contribution in [-0.4, -0.2) is 31.6 Å². The summed E-state index contributed by atoms with van der Waals surface area (Å²) in [5.41, 5.74) is 1.94. The zero-order valence-electron chi connectivity index (χ0n) is 12.1. The first kappa shape index (κ1) is 14.5. The van der Waals surface area contributed by atoms with Crippen LogP contribution in [0.15, 0.2) is 18.2 Å². The van der Waals surface area contributed by atoms with Crippen LogP contribution in [0.4, 0.5) is 4.39 Å². The Balaban J connectivity index is 1.76. The monoisotopic (exact) mass is 264 g/mol. The van der Waals surface area contributed by atoms with Gasteiger partial charge in [-0.15, -0.1) is 0 Å². The molecule has 1 unspecified atom stereocenters. The summed E-state index contributed by atoms with van der Waals surface area (Å²) in [6.07, 6.45) is 3.92. The van der Waals surface area contributed by atoms with Gasteiger partial charge in [0.25, 0.3) is 0 Å². The second-order valence-corrected chi connectivity index (χ2v) is 5.82. The fourth-order valence-corrected chi connectivity index (χ4v) is 2.77. The number of hydrogen-bond acceptors (Lipinski definition) is 2. The molecule has 1 aromatic carbocycles. The molecule has 106 valence electrons. The molecule has 1 aliphatic rings. The number of aryl methyl sites for hydroxylation is 1. The van der Waals surface area contributed by atoms with Crippen molar-refractivity contribution in [2.45, 2.75) is 32.7 Å². The van der Waals surface area contributed by atoms with Crippen LogP contribution in [0.1, 0.15) is 30.4 Å². The lowest BCUT2D eigenvalue weighted by Gasteiger charge is -2.25. The SMILES string of the molecule is Cc1cc(CN(C)CCC2CCCNC2)ccc1F. The minimum absolute atomic E-state index is 0.111. The molecule has 0 aromatic heterocycles. The van der Waals surface area contributed by atoms with Gasteiger partial charge in [-0.25, -0.2) is 4.39 Å². The molecular weight excluding hydrogens is 239 g/mol. The topological polar surface area (TPSA) is 15.3 Å². The Bertz CT molecular complexity index is 400. The van der Waals surface area contributed by atoms with E-state index in [-0.39, 0.29) is 5.82 Å². The van der Waals surface area contributed by atoms with Crippen LogP contribution in [-0.2, 0) is 6.54 Å². The maximum Gasteiger partial charge on any atom is 0.126 e. The van der Waals surface area contributed by atoms with Gasteiger partial charge in [-0.1, -0.05) is 12.1 Å². The van der Waals surface area contributed by atoms with Crippen molar-refractivity contribution in [1.82, 2.24) is 10.2 Å². The lowest BCUT2D eigenvalue weighted by molar-refractivity contribution is 0.268. The number of hydrogen-bond donors (Lipinski definition) is 1. The first-order valence-corrected chi connectivity index (χ1v) is 7.29. The van der Waals surface area contributed by atoms with E-state index in [0.717, 1.165) is 24.6 Å². The fourth-order valence-electron chi connectivity index (χ4n) is 2.77. The maximum absolute atomic E-state index is 13.2. The molecule has 1 heterocycles. The van der Waals surface area contributed by atoms with Gasteiger partial charge in [0.15, 0.2) is 0 Å². The molecule has 2 rings (SSSR count). The first-order valence-electron chi connectivity index (χ1n) is 7.29. The van der Waals surface area contributed by atoms with Gasteiger partial charge in [-0.2, -0.15) is 0 Å². The molecule has 19 heavy (non-hydrogen) atoms. The minimum Gasteiger partial charge on any atom is -0.316 e. The van der Waals surface area contributed by atoms with Gasteiger partial charge in [-0.3, -0.25) is 0 Å².